The van der Waals surface area contributed by atoms with Crippen molar-refractivity contribution in [3.05, 3.63) is 11.9 Å². The molecule has 1 fully saturated rings. The fraction of sp³-hybridized carbons (Fsp3) is 0.600. The van der Waals surface area contributed by atoms with Gasteiger partial charge in [0.15, 0.2) is 0 Å². The minimum absolute atomic E-state index is 0.0526. The molecule has 0 radical (unpaired) electrons. The third-order valence-electron chi connectivity index (χ3n) is 3.96. The van der Waals surface area contributed by atoms with Gasteiger partial charge in [-0.1, -0.05) is 0 Å². The van der Waals surface area contributed by atoms with Crippen LogP contribution in [0.1, 0.15) is 32.8 Å². The lowest BCUT2D eigenvalue weighted by molar-refractivity contribution is -0.117. The molecule has 124 valence electrons. The Hall–Kier alpha value is -2.38. The molecule has 8 heteroatoms. The first kappa shape index (κ1) is 15.5. The Balaban J connectivity index is 1.74. The van der Waals surface area contributed by atoms with E-state index in [0.29, 0.717) is 36.7 Å². The third-order valence-corrected chi connectivity index (χ3v) is 3.96. The molecular weight excluding hydrogens is 298 g/mol. The number of hydrogen-bond donors (Lipinski definition) is 1. The molecule has 0 saturated carbocycles. The summed E-state index contributed by atoms with van der Waals surface area (Å²) >= 11 is 0. The summed E-state index contributed by atoms with van der Waals surface area (Å²) in [7, 11) is 0. The third kappa shape index (κ3) is 2.93. The Morgan fingerprint density at radius 1 is 1.39 bits per heavy atom. The lowest BCUT2D eigenvalue weighted by Crippen LogP contribution is -2.42. The number of carbonyl (C=O) groups excluding carboxylic acids is 2. The van der Waals surface area contributed by atoms with Crippen molar-refractivity contribution in [2.24, 2.45) is 0 Å². The number of amides is 2. The van der Waals surface area contributed by atoms with Gasteiger partial charge in [-0.3, -0.25) is 9.69 Å². The van der Waals surface area contributed by atoms with E-state index in [2.05, 4.69) is 9.97 Å². The molecule has 0 aromatic carbocycles. The van der Waals surface area contributed by atoms with E-state index >= 15 is 0 Å². The smallest absolute Gasteiger partial charge is 0.410 e. The van der Waals surface area contributed by atoms with Gasteiger partial charge < -0.3 is 15.4 Å². The number of anilines is 2. The minimum atomic E-state index is -0.535. The molecule has 2 aliphatic heterocycles. The van der Waals surface area contributed by atoms with Crippen LogP contribution in [-0.2, 0) is 16.0 Å². The van der Waals surface area contributed by atoms with E-state index in [1.807, 2.05) is 20.8 Å². The highest BCUT2D eigenvalue weighted by Gasteiger charge is 2.40. The second-order valence-corrected chi connectivity index (χ2v) is 6.87. The molecule has 0 bridgehead atoms. The van der Waals surface area contributed by atoms with Gasteiger partial charge >= 0.3 is 6.09 Å². The van der Waals surface area contributed by atoms with Crippen molar-refractivity contribution in [2.75, 3.05) is 23.7 Å². The fourth-order valence-corrected chi connectivity index (χ4v) is 2.97. The van der Waals surface area contributed by atoms with Crippen LogP contribution in [0.4, 0.5) is 16.4 Å². The summed E-state index contributed by atoms with van der Waals surface area (Å²) in [6, 6.07) is -0.106. The standard InChI is InChI=1S/C15H21N5O3/c1-15(2,3)23-14(22)19-5-4-9(7-19)20-11(21)6-10-12(16)17-8-18-13(10)20/h8-9H,4-7H2,1-3H3,(H2,16,17,18)/t9-/m1/s1. The van der Waals surface area contributed by atoms with Crippen LogP contribution < -0.4 is 10.6 Å². The average molecular weight is 319 g/mol. The van der Waals surface area contributed by atoms with Crippen molar-refractivity contribution in [1.82, 2.24) is 14.9 Å². The maximum atomic E-state index is 12.3. The summed E-state index contributed by atoms with van der Waals surface area (Å²) in [6.07, 6.45) is 1.91. The van der Waals surface area contributed by atoms with Crippen molar-refractivity contribution in [3.8, 4) is 0 Å². The van der Waals surface area contributed by atoms with Crippen LogP contribution >= 0.6 is 0 Å². The van der Waals surface area contributed by atoms with E-state index in [-0.39, 0.29) is 24.5 Å². The first-order valence-corrected chi connectivity index (χ1v) is 7.65. The number of ether oxygens (including phenoxy) is 1. The molecule has 0 aliphatic carbocycles. The first-order valence-electron chi connectivity index (χ1n) is 7.65. The van der Waals surface area contributed by atoms with Gasteiger partial charge in [-0.2, -0.15) is 0 Å². The SMILES string of the molecule is CC(C)(C)OC(=O)N1CC[C@@H](N2C(=O)Cc3c(N)ncnc32)C1. The molecule has 1 saturated heterocycles. The number of likely N-dealkylation sites (tertiary alicyclic amines) is 1. The van der Waals surface area contributed by atoms with Crippen molar-refractivity contribution < 1.29 is 14.3 Å². The summed E-state index contributed by atoms with van der Waals surface area (Å²) in [5, 5.41) is 0. The van der Waals surface area contributed by atoms with Crippen molar-refractivity contribution in [1.29, 1.82) is 0 Å². The Labute approximate surface area is 134 Å². The second-order valence-electron chi connectivity index (χ2n) is 6.87. The number of hydrogen-bond acceptors (Lipinski definition) is 6. The summed E-state index contributed by atoms with van der Waals surface area (Å²) in [4.78, 5) is 35.9. The zero-order chi connectivity index (χ0) is 16.8. The summed E-state index contributed by atoms with van der Waals surface area (Å²) in [5.41, 5.74) is 5.96. The topological polar surface area (TPSA) is 102 Å². The number of aromatic nitrogens is 2. The van der Waals surface area contributed by atoms with Crippen LogP contribution in [0.3, 0.4) is 0 Å². The second kappa shape index (κ2) is 5.36. The summed E-state index contributed by atoms with van der Waals surface area (Å²) in [6.45, 7) is 6.48. The molecule has 1 aromatic heterocycles. The number of nitrogen functional groups attached to an aromatic ring is 1. The van der Waals surface area contributed by atoms with Crippen LogP contribution in [0.5, 0.6) is 0 Å². The number of rotatable bonds is 1. The maximum absolute atomic E-state index is 12.3. The Morgan fingerprint density at radius 3 is 2.83 bits per heavy atom. The van der Waals surface area contributed by atoms with Crippen LogP contribution in [0, 0.1) is 0 Å². The van der Waals surface area contributed by atoms with Crippen LogP contribution in [-0.4, -0.2) is 51.6 Å². The lowest BCUT2D eigenvalue weighted by Gasteiger charge is -2.26. The summed E-state index contributed by atoms with van der Waals surface area (Å²) in [5.74, 6) is 0.856. The van der Waals surface area contributed by atoms with E-state index in [9.17, 15) is 9.59 Å². The van der Waals surface area contributed by atoms with Gasteiger partial charge in [0.05, 0.1) is 12.5 Å². The maximum Gasteiger partial charge on any atom is 0.410 e. The highest BCUT2D eigenvalue weighted by Crippen LogP contribution is 2.33. The number of nitrogens with zero attached hydrogens (tertiary/aromatic N) is 4. The van der Waals surface area contributed by atoms with Gasteiger partial charge in [0.25, 0.3) is 0 Å². The quantitative estimate of drug-likeness (QED) is 0.827. The monoisotopic (exact) mass is 319 g/mol. The van der Waals surface area contributed by atoms with E-state index < -0.39 is 5.60 Å². The lowest BCUT2D eigenvalue weighted by atomic mass is 10.2. The molecule has 3 heterocycles. The molecule has 0 spiro atoms. The van der Waals surface area contributed by atoms with E-state index in [4.69, 9.17) is 10.5 Å². The Kier molecular flexibility index (Phi) is 3.62. The average Bonchev–Trinajstić information content (AvgIpc) is 3.01. The molecule has 1 aromatic rings. The van der Waals surface area contributed by atoms with Crippen molar-refractivity contribution in [3.63, 3.8) is 0 Å². The largest absolute Gasteiger partial charge is 0.444 e. The Morgan fingerprint density at radius 2 is 2.13 bits per heavy atom. The van der Waals surface area contributed by atoms with E-state index in [0.717, 1.165) is 0 Å². The first-order chi connectivity index (χ1) is 10.8. The van der Waals surface area contributed by atoms with Gasteiger partial charge in [0.2, 0.25) is 5.91 Å². The number of fused-ring (bicyclic) bond motifs is 1. The molecule has 2 amide bonds. The Bertz CT molecular complexity index is 655. The van der Waals surface area contributed by atoms with E-state index in [1.165, 1.54) is 6.33 Å². The molecule has 2 N–H and O–H groups in total. The van der Waals surface area contributed by atoms with Crippen LogP contribution in [0.2, 0.25) is 0 Å². The van der Waals surface area contributed by atoms with Crippen LogP contribution in [0.25, 0.3) is 0 Å². The zero-order valence-corrected chi connectivity index (χ0v) is 13.6. The van der Waals surface area contributed by atoms with Gasteiger partial charge in [0, 0.05) is 18.7 Å². The molecule has 3 rings (SSSR count). The minimum Gasteiger partial charge on any atom is -0.444 e. The van der Waals surface area contributed by atoms with Gasteiger partial charge in [-0.25, -0.2) is 14.8 Å². The fourth-order valence-electron chi connectivity index (χ4n) is 2.97. The number of carbonyl (C=O) groups is 2. The molecule has 2 aliphatic rings. The van der Waals surface area contributed by atoms with Crippen molar-refractivity contribution in [2.45, 2.75) is 45.3 Å². The normalized spacial score (nSPS) is 20.8. The van der Waals surface area contributed by atoms with Gasteiger partial charge in [-0.05, 0) is 27.2 Å². The molecular formula is C15H21N5O3. The van der Waals surface area contributed by atoms with E-state index in [1.54, 1.807) is 9.80 Å². The van der Waals surface area contributed by atoms with Crippen molar-refractivity contribution >= 4 is 23.6 Å². The predicted octanol–water partition coefficient (Wildman–Crippen LogP) is 0.957. The van der Waals surface area contributed by atoms with Crippen LogP contribution in [0.15, 0.2) is 6.33 Å². The predicted molar refractivity (Wildman–Crippen MR) is 83.8 cm³/mol. The van der Waals surface area contributed by atoms with Gasteiger partial charge in [-0.15, -0.1) is 0 Å². The molecule has 0 unspecified atom stereocenters. The molecule has 23 heavy (non-hydrogen) atoms. The summed E-state index contributed by atoms with van der Waals surface area (Å²) < 4.78 is 5.39. The highest BCUT2D eigenvalue weighted by atomic mass is 16.6. The highest BCUT2D eigenvalue weighted by molar-refractivity contribution is 6.02. The van der Waals surface area contributed by atoms with Gasteiger partial charge in [0.1, 0.15) is 23.6 Å². The number of nitrogens with two attached hydrogens (primary N) is 1. The molecule has 8 nitrogen and oxygen atoms in total. The molecule has 1 atom stereocenters. The zero-order valence-electron chi connectivity index (χ0n) is 13.6.